The van der Waals surface area contributed by atoms with Gasteiger partial charge in [0.25, 0.3) is 11.8 Å². The standard InChI is InChI=1S/C35H32N4O4S2/c1-22(2)24-11-9-23(10-12-24)19-30(37-33(41)25-7-5-4-6-8-25)34(42)36-26-13-16-28(17-14-26)44-21-32(40)39-35-38-29-18-15-27(43-3)20-31(29)45-35/h4-20,22H,21H2,1-3H3,(H,36,42)(H,37,41)(H,38,39,40)/b30-19-. The summed E-state index contributed by atoms with van der Waals surface area (Å²) in [5, 5.41) is 9.02. The van der Waals surface area contributed by atoms with E-state index < -0.39 is 5.91 Å². The minimum absolute atomic E-state index is 0.115. The first-order chi connectivity index (χ1) is 21.8. The average molecular weight is 637 g/mol. The van der Waals surface area contributed by atoms with E-state index in [-0.39, 0.29) is 23.3 Å². The van der Waals surface area contributed by atoms with Gasteiger partial charge in [0.2, 0.25) is 5.91 Å². The van der Waals surface area contributed by atoms with Crippen LogP contribution in [0.25, 0.3) is 16.3 Å². The molecule has 1 heterocycles. The van der Waals surface area contributed by atoms with Gasteiger partial charge >= 0.3 is 0 Å². The van der Waals surface area contributed by atoms with Crippen LogP contribution >= 0.6 is 23.1 Å². The van der Waals surface area contributed by atoms with Gasteiger partial charge in [-0.2, -0.15) is 0 Å². The summed E-state index contributed by atoms with van der Waals surface area (Å²) in [5.41, 5.74) is 3.87. The van der Waals surface area contributed by atoms with Gasteiger partial charge in [-0.05, 0) is 77.7 Å². The van der Waals surface area contributed by atoms with E-state index in [0.717, 1.165) is 26.4 Å². The predicted octanol–water partition coefficient (Wildman–Crippen LogP) is 7.57. The Hall–Kier alpha value is -4.93. The van der Waals surface area contributed by atoms with E-state index in [2.05, 4.69) is 34.8 Å². The van der Waals surface area contributed by atoms with Crippen molar-refractivity contribution in [3.05, 3.63) is 119 Å². The molecule has 0 fully saturated rings. The molecule has 0 aliphatic heterocycles. The Kier molecular flexibility index (Phi) is 10.3. The Bertz CT molecular complexity index is 1830. The number of carbonyl (C=O) groups is 3. The summed E-state index contributed by atoms with van der Waals surface area (Å²) < 4.78 is 6.18. The Morgan fingerprint density at radius 1 is 0.911 bits per heavy atom. The third kappa shape index (κ3) is 8.59. The van der Waals surface area contributed by atoms with Crippen molar-refractivity contribution in [2.45, 2.75) is 24.7 Å². The van der Waals surface area contributed by atoms with Gasteiger partial charge in [-0.1, -0.05) is 67.6 Å². The van der Waals surface area contributed by atoms with Gasteiger partial charge in [-0.3, -0.25) is 14.4 Å². The third-order valence-corrected chi connectivity index (χ3v) is 8.71. The number of aromatic nitrogens is 1. The first-order valence-electron chi connectivity index (χ1n) is 14.2. The Morgan fingerprint density at radius 3 is 2.33 bits per heavy atom. The zero-order chi connectivity index (χ0) is 31.8. The number of nitrogens with one attached hydrogen (secondary N) is 3. The smallest absolute Gasteiger partial charge is 0.272 e. The maximum atomic E-state index is 13.4. The van der Waals surface area contributed by atoms with Crippen LogP contribution < -0.4 is 20.7 Å². The largest absolute Gasteiger partial charge is 0.497 e. The number of ether oxygens (including phenoxy) is 1. The summed E-state index contributed by atoms with van der Waals surface area (Å²) in [4.78, 5) is 44.2. The number of rotatable bonds is 11. The Balaban J connectivity index is 1.21. The van der Waals surface area contributed by atoms with Crippen molar-refractivity contribution in [2.24, 2.45) is 0 Å². The molecule has 0 radical (unpaired) electrons. The van der Waals surface area contributed by atoms with Crippen molar-refractivity contribution in [3.63, 3.8) is 0 Å². The topological polar surface area (TPSA) is 109 Å². The maximum Gasteiger partial charge on any atom is 0.272 e. The molecule has 0 spiro atoms. The summed E-state index contributed by atoms with van der Waals surface area (Å²) in [6.45, 7) is 4.23. The number of amides is 3. The SMILES string of the molecule is COc1ccc2nc(NC(=O)CSc3ccc(NC(=O)/C(=C/c4ccc(C(C)C)cc4)NC(=O)c4ccccc4)cc3)sc2c1. The predicted molar refractivity (Wildman–Crippen MR) is 183 cm³/mol. The van der Waals surface area contributed by atoms with Crippen LogP contribution in [-0.4, -0.2) is 35.6 Å². The normalized spacial score (nSPS) is 11.3. The van der Waals surface area contributed by atoms with Crippen molar-refractivity contribution in [1.29, 1.82) is 0 Å². The van der Waals surface area contributed by atoms with Gasteiger partial charge in [0.05, 0.1) is 23.1 Å². The van der Waals surface area contributed by atoms with Crippen LogP contribution in [0.5, 0.6) is 5.75 Å². The second-order valence-corrected chi connectivity index (χ2v) is 12.4. The van der Waals surface area contributed by atoms with Gasteiger partial charge in [0.15, 0.2) is 5.13 Å². The van der Waals surface area contributed by atoms with E-state index in [1.807, 2.05) is 60.7 Å². The van der Waals surface area contributed by atoms with E-state index in [1.165, 1.54) is 28.7 Å². The van der Waals surface area contributed by atoms with E-state index in [1.54, 1.807) is 49.6 Å². The number of thioether (sulfide) groups is 1. The molecule has 1 aromatic heterocycles. The van der Waals surface area contributed by atoms with Gasteiger partial charge in [0.1, 0.15) is 11.4 Å². The molecule has 0 aliphatic rings. The molecule has 10 heteroatoms. The third-order valence-electron chi connectivity index (χ3n) is 6.77. The Labute approximate surface area is 269 Å². The van der Waals surface area contributed by atoms with Crippen LogP contribution in [0.15, 0.2) is 108 Å². The second-order valence-electron chi connectivity index (χ2n) is 10.4. The molecule has 0 bridgehead atoms. The van der Waals surface area contributed by atoms with Crippen molar-refractivity contribution in [2.75, 3.05) is 23.5 Å². The molecule has 3 amide bonds. The number of hydrogen-bond donors (Lipinski definition) is 3. The number of hydrogen-bond acceptors (Lipinski definition) is 7. The minimum atomic E-state index is -0.458. The van der Waals surface area contributed by atoms with Crippen LogP contribution in [-0.2, 0) is 9.59 Å². The maximum absolute atomic E-state index is 13.4. The van der Waals surface area contributed by atoms with Crippen molar-refractivity contribution in [3.8, 4) is 5.75 Å². The molecule has 3 N–H and O–H groups in total. The fraction of sp³-hybridized carbons (Fsp3) is 0.143. The zero-order valence-corrected chi connectivity index (χ0v) is 26.6. The first kappa shape index (κ1) is 31.5. The van der Waals surface area contributed by atoms with Crippen LogP contribution in [0.1, 0.15) is 41.3 Å². The summed E-state index contributed by atoms with van der Waals surface area (Å²) in [6.07, 6.45) is 1.66. The highest BCUT2D eigenvalue weighted by Gasteiger charge is 2.16. The second kappa shape index (κ2) is 14.7. The fourth-order valence-corrected chi connectivity index (χ4v) is 5.92. The highest BCUT2D eigenvalue weighted by molar-refractivity contribution is 8.00. The van der Waals surface area contributed by atoms with Gasteiger partial charge in [0, 0.05) is 16.1 Å². The lowest BCUT2D eigenvalue weighted by molar-refractivity contribution is -0.114. The molecular formula is C35H32N4O4S2. The number of benzene rings is 4. The number of nitrogens with zero attached hydrogens (tertiary/aromatic N) is 1. The van der Waals surface area contributed by atoms with Crippen molar-refractivity contribution in [1.82, 2.24) is 10.3 Å². The highest BCUT2D eigenvalue weighted by atomic mass is 32.2. The molecule has 0 unspecified atom stereocenters. The average Bonchev–Trinajstić information content (AvgIpc) is 3.46. The number of anilines is 2. The number of methoxy groups -OCH3 is 1. The minimum Gasteiger partial charge on any atom is -0.497 e. The summed E-state index contributed by atoms with van der Waals surface area (Å²) >= 11 is 2.76. The lowest BCUT2D eigenvalue weighted by Crippen LogP contribution is -2.30. The molecule has 228 valence electrons. The molecule has 8 nitrogen and oxygen atoms in total. The van der Waals surface area contributed by atoms with E-state index >= 15 is 0 Å². The molecule has 0 saturated heterocycles. The molecule has 5 rings (SSSR count). The highest BCUT2D eigenvalue weighted by Crippen LogP contribution is 2.29. The number of thiazole rings is 1. The van der Waals surface area contributed by atoms with E-state index in [4.69, 9.17) is 4.74 Å². The van der Waals surface area contributed by atoms with Crippen LogP contribution in [0.3, 0.4) is 0 Å². The molecule has 4 aromatic carbocycles. The summed E-state index contributed by atoms with van der Waals surface area (Å²) in [6, 6.07) is 29.4. The van der Waals surface area contributed by atoms with Crippen LogP contribution in [0, 0.1) is 0 Å². The van der Waals surface area contributed by atoms with Gasteiger partial charge < -0.3 is 20.7 Å². The zero-order valence-electron chi connectivity index (χ0n) is 25.0. The molecule has 0 saturated carbocycles. The lowest BCUT2D eigenvalue weighted by Gasteiger charge is -2.12. The molecule has 0 aliphatic carbocycles. The Morgan fingerprint density at radius 2 is 1.64 bits per heavy atom. The van der Waals surface area contributed by atoms with Crippen LogP contribution in [0.2, 0.25) is 0 Å². The van der Waals surface area contributed by atoms with Crippen molar-refractivity contribution < 1.29 is 19.1 Å². The van der Waals surface area contributed by atoms with E-state index in [0.29, 0.717) is 22.3 Å². The molecular weight excluding hydrogens is 605 g/mol. The summed E-state index contributed by atoms with van der Waals surface area (Å²) in [7, 11) is 1.61. The van der Waals surface area contributed by atoms with Crippen LogP contribution in [0.4, 0.5) is 10.8 Å². The number of fused-ring (bicyclic) bond motifs is 1. The molecule has 0 atom stereocenters. The molecule has 5 aromatic rings. The fourth-order valence-electron chi connectivity index (χ4n) is 4.31. The van der Waals surface area contributed by atoms with Crippen molar-refractivity contribution >= 4 is 67.9 Å². The van der Waals surface area contributed by atoms with Gasteiger partial charge in [-0.25, -0.2) is 4.98 Å². The monoisotopic (exact) mass is 636 g/mol. The van der Waals surface area contributed by atoms with Gasteiger partial charge in [-0.15, -0.1) is 11.8 Å². The first-order valence-corrected chi connectivity index (χ1v) is 16.0. The summed E-state index contributed by atoms with van der Waals surface area (Å²) in [5.74, 6) is 0.294. The molecule has 45 heavy (non-hydrogen) atoms. The van der Waals surface area contributed by atoms with E-state index in [9.17, 15) is 14.4 Å². The lowest BCUT2D eigenvalue weighted by atomic mass is 10.0. The number of carbonyl (C=O) groups excluding carboxylic acids is 3. The quantitative estimate of drug-likeness (QED) is 0.102.